The predicted molar refractivity (Wildman–Crippen MR) is 61.3 cm³/mol. The van der Waals surface area contributed by atoms with Crippen LogP contribution in [0.2, 0.25) is 0 Å². The molecule has 0 fully saturated rings. The van der Waals surface area contributed by atoms with Gasteiger partial charge in [-0.3, -0.25) is 4.68 Å². The molecule has 1 N–H and O–H groups in total. The van der Waals surface area contributed by atoms with Gasteiger partial charge in [0, 0.05) is 6.42 Å². The van der Waals surface area contributed by atoms with E-state index < -0.39 is 5.97 Å². The molecule has 0 bridgehead atoms. The molecule has 2 heterocycles. The summed E-state index contributed by atoms with van der Waals surface area (Å²) in [5, 5.41) is 16.7. The van der Waals surface area contributed by atoms with Gasteiger partial charge in [-0.05, 0) is 13.3 Å². The Morgan fingerprint density at radius 1 is 1.56 bits per heavy atom. The van der Waals surface area contributed by atoms with Crippen LogP contribution in [0.3, 0.4) is 0 Å². The summed E-state index contributed by atoms with van der Waals surface area (Å²) in [5.74, 6) is 0.107. The van der Waals surface area contributed by atoms with Gasteiger partial charge < -0.3 is 9.63 Å². The second-order valence-electron chi connectivity index (χ2n) is 3.96. The van der Waals surface area contributed by atoms with Gasteiger partial charge in [0.2, 0.25) is 5.89 Å². The first-order valence-electron chi connectivity index (χ1n) is 5.69. The maximum atomic E-state index is 10.9. The third-order valence-corrected chi connectivity index (χ3v) is 2.60. The molecule has 0 spiro atoms. The van der Waals surface area contributed by atoms with Crippen molar-refractivity contribution in [2.45, 2.75) is 33.2 Å². The standard InChI is InChI=1S/C11H14N4O3/c1-3-4-10-13-9(14-18-10)6-15-7(2)8(5-12-15)11(16)17/h5H,3-4,6H2,1-2H3,(H,16,17). The molecule has 18 heavy (non-hydrogen) atoms. The average molecular weight is 250 g/mol. The minimum absolute atomic E-state index is 0.187. The van der Waals surface area contributed by atoms with Crippen molar-refractivity contribution in [3.8, 4) is 0 Å². The molecule has 0 aliphatic carbocycles. The number of hydrogen-bond acceptors (Lipinski definition) is 5. The summed E-state index contributed by atoms with van der Waals surface area (Å²) in [6, 6.07) is 0. The smallest absolute Gasteiger partial charge is 0.339 e. The van der Waals surface area contributed by atoms with Crippen LogP contribution in [0, 0.1) is 6.92 Å². The Balaban J connectivity index is 2.15. The fraction of sp³-hybridized carbons (Fsp3) is 0.455. The van der Waals surface area contributed by atoms with E-state index in [2.05, 4.69) is 15.2 Å². The number of hydrogen-bond donors (Lipinski definition) is 1. The first-order chi connectivity index (χ1) is 8.61. The molecule has 7 nitrogen and oxygen atoms in total. The van der Waals surface area contributed by atoms with E-state index in [9.17, 15) is 4.79 Å². The van der Waals surface area contributed by atoms with Crippen molar-refractivity contribution in [3.63, 3.8) is 0 Å². The largest absolute Gasteiger partial charge is 0.478 e. The second-order valence-corrected chi connectivity index (χ2v) is 3.96. The summed E-state index contributed by atoms with van der Waals surface area (Å²) in [6.45, 7) is 4.04. The van der Waals surface area contributed by atoms with E-state index in [0.29, 0.717) is 24.0 Å². The molecule has 7 heteroatoms. The monoisotopic (exact) mass is 250 g/mol. The van der Waals surface area contributed by atoms with Crippen LogP contribution in [-0.2, 0) is 13.0 Å². The van der Waals surface area contributed by atoms with Crippen LogP contribution in [-0.4, -0.2) is 31.0 Å². The van der Waals surface area contributed by atoms with Crippen molar-refractivity contribution in [2.75, 3.05) is 0 Å². The van der Waals surface area contributed by atoms with Crippen molar-refractivity contribution in [2.24, 2.45) is 0 Å². The minimum Gasteiger partial charge on any atom is -0.478 e. The van der Waals surface area contributed by atoms with Crippen LogP contribution >= 0.6 is 0 Å². The summed E-state index contributed by atoms with van der Waals surface area (Å²) in [7, 11) is 0. The van der Waals surface area contributed by atoms with Crippen LogP contribution in [0.15, 0.2) is 10.7 Å². The zero-order valence-electron chi connectivity index (χ0n) is 10.3. The molecule has 0 amide bonds. The van der Waals surface area contributed by atoms with Crippen LogP contribution in [0.5, 0.6) is 0 Å². The lowest BCUT2D eigenvalue weighted by Crippen LogP contribution is -2.07. The van der Waals surface area contributed by atoms with Gasteiger partial charge in [0.1, 0.15) is 12.1 Å². The number of carboxylic acid groups (broad SMARTS) is 1. The van der Waals surface area contributed by atoms with Crippen molar-refractivity contribution in [3.05, 3.63) is 29.2 Å². The number of carbonyl (C=O) groups is 1. The van der Waals surface area contributed by atoms with Crippen LogP contribution in [0.25, 0.3) is 0 Å². The van der Waals surface area contributed by atoms with Gasteiger partial charge in [-0.25, -0.2) is 4.79 Å². The number of nitrogens with zero attached hydrogens (tertiary/aromatic N) is 4. The first-order valence-corrected chi connectivity index (χ1v) is 5.69. The predicted octanol–water partition coefficient (Wildman–Crippen LogP) is 1.27. The lowest BCUT2D eigenvalue weighted by Gasteiger charge is -2.00. The molecule has 0 aliphatic rings. The highest BCUT2D eigenvalue weighted by atomic mass is 16.5. The van der Waals surface area contributed by atoms with E-state index >= 15 is 0 Å². The fourth-order valence-electron chi connectivity index (χ4n) is 1.62. The number of rotatable bonds is 5. The van der Waals surface area contributed by atoms with Crippen LogP contribution in [0.1, 0.15) is 41.1 Å². The minimum atomic E-state index is -0.987. The summed E-state index contributed by atoms with van der Waals surface area (Å²) in [6.07, 6.45) is 3.00. The average Bonchev–Trinajstić information content (AvgIpc) is 2.89. The Hall–Kier alpha value is -2.18. The Morgan fingerprint density at radius 2 is 2.33 bits per heavy atom. The highest BCUT2D eigenvalue weighted by Gasteiger charge is 2.14. The molecule has 0 aliphatic heterocycles. The summed E-state index contributed by atoms with van der Waals surface area (Å²) in [4.78, 5) is 15.1. The summed E-state index contributed by atoms with van der Waals surface area (Å²) >= 11 is 0. The molecule has 0 atom stereocenters. The topological polar surface area (TPSA) is 94.0 Å². The van der Waals surface area contributed by atoms with Gasteiger partial charge in [-0.2, -0.15) is 10.1 Å². The molecule has 2 aromatic heterocycles. The van der Waals surface area contributed by atoms with Crippen LogP contribution < -0.4 is 0 Å². The van der Waals surface area contributed by atoms with Gasteiger partial charge in [-0.1, -0.05) is 12.1 Å². The fourth-order valence-corrected chi connectivity index (χ4v) is 1.62. The molecule has 0 radical (unpaired) electrons. The number of aryl methyl sites for hydroxylation is 1. The van der Waals surface area contributed by atoms with E-state index in [1.807, 2.05) is 6.92 Å². The van der Waals surface area contributed by atoms with E-state index in [1.54, 1.807) is 11.6 Å². The van der Waals surface area contributed by atoms with E-state index in [0.717, 1.165) is 12.8 Å². The highest BCUT2D eigenvalue weighted by Crippen LogP contribution is 2.09. The van der Waals surface area contributed by atoms with Crippen molar-refractivity contribution in [1.82, 2.24) is 19.9 Å². The van der Waals surface area contributed by atoms with Gasteiger partial charge in [0.15, 0.2) is 5.82 Å². The van der Waals surface area contributed by atoms with E-state index in [1.165, 1.54) is 6.20 Å². The van der Waals surface area contributed by atoms with Crippen molar-refractivity contribution >= 4 is 5.97 Å². The van der Waals surface area contributed by atoms with Crippen molar-refractivity contribution in [1.29, 1.82) is 0 Å². The quantitative estimate of drug-likeness (QED) is 0.858. The van der Waals surface area contributed by atoms with Gasteiger partial charge in [0.25, 0.3) is 0 Å². The zero-order valence-corrected chi connectivity index (χ0v) is 10.3. The van der Waals surface area contributed by atoms with E-state index in [-0.39, 0.29) is 5.56 Å². The molecule has 96 valence electrons. The Bertz CT molecular complexity index is 558. The molecule has 2 rings (SSSR count). The van der Waals surface area contributed by atoms with Crippen molar-refractivity contribution < 1.29 is 14.4 Å². The molecule has 2 aromatic rings. The zero-order chi connectivity index (χ0) is 13.1. The second kappa shape index (κ2) is 4.99. The number of aromatic nitrogens is 4. The molecule has 0 saturated carbocycles. The van der Waals surface area contributed by atoms with E-state index in [4.69, 9.17) is 9.63 Å². The van der Waals surface area contributed by atoms with Gasteiger partial charge >= 0.3 is 5.97 Å². The molecular formula is C11H14N4O3. The van der Waals surface area contributed by atoms with Gasteiger partial charge in [-0.15, -0.1) is 0 Å². The SMILES string of the molecule is CCCc1nc(Cn2ncc(C(=O)O)c2C)no1. The normalized spacial score (nSPS) is 10.8. The Morgan fingerprint density at radius 3 is 2.94 bits per heavy atom. The van der Waals surface area contributed by atoms with Crippen LogP contribution in [0.4, 0.5) is 0 Å². The first kappa shape index (κ1) is 12.3. The molecule has 0 aromatic carbocycles. The highest BCUT2D eigenvalue weighted by molar-refractivity contribution is 5.88. The Kier molecular flexibility index (Phi) is 3.40. The lowest BCUT2D eigenvalue weighted by atomic mass is 10.3. The molecule has 0 saturated heterocycles. The number of carboxylic acids is 1. The Labute approximate surface area is 103 Å². The third kappa shape index (κ3) is 2.39. The summed E-state index contributed by atoms with van der Waals surface area (Å²) in [5.41, 5.74) is 0.761. The third-order valence-electron chi connectivity index (χ3n) is 2.60. The maximum absolute atomic E-state index is 10.9. The molecular weight excluding hydrogens is 236 g/mol. The lowest BCUT2D eigenvalue weighted by molar-refractivity contribution is 0.0696. The van der Waals surface area contributed by atoms with Gasteiger partial charge in [0.05, 0.1) is 11.9 Å². The maximum Gasteiger partial charge on any atom is 0.339 e. The summed E-state index contributed by atoms with van der Waals surface area (Å²) < 4.78 is 6.60. The number of aromatic carboxylic acids is 1. The molecule has 0 unspecified atom stereocenters.